The molecule has 1 aliphatic heterocycles. The summed E-state index contributed by atoms with van der Waals surface area (Å²) in [4.78, 5) is 2.49. The highest BCUT2D eigenvalue weighted by molar-refractivity contribution is 5.37. The summed E-state index contributed by atoms with van der Waals surface area (Å²) in [5, 5.41) is 0. The van der Waals surface area contributed by atoms with E-state index in [1.165, 1.54) is 32.2 Å². The van der Waals surface area contributed by atoms with E-state index in [0.29, 0.717) is 5.41 Å². The first-order chi connectivity index (χ1) is 8.22. The molecule has 0 saturated carbocycles. The van der Waals surface area contributed by atoms with Gasteiger partial charge in [0.2, 0.25) is 0 Å². The van der Waals surface area contributed by atoms with Crippen molar-refractivity contribution < 1.29 is 0 Å². The van der Waals surface area contributed by atoms with Gasteiger partial charge in [-0.15, -0.1) is 0 Å². The molecule has 0 radical (unpaired) electrons. The number of nitrogens with zero attached hydrogens (tertiary/aromatic N) is 1. The van der Waals surface area contributed by atoms with Gasteiger partial charge in [-0.2, -0.15) is 0 Å². The predicted molar refractivity (Wildman–Crippen MR) is 74.3 cm³/mol. The Morgan fingerprint density at radius 2 is 1.76 bits per heavy atom. The monoisotopic (exact) mass is 231 g/mol. The van der Waals surface area contributed by atoms with Crippen LogP contribution >= 0.6 is 0 Å². The highest BCUT2D eigenvalue weighted by Crippen LogP contribution is 2.40. The molecule has 2 rings (SSSR count). The number of fused-ring (bicyclic) bond motifs is 1. The van der Waals surface area contributed by atoms with Crippen LogP contribution in [0.15, 0.2) is 24.3 Å². The zero-order chi connectivity index (χ0) is 12.3. The van der Waals surface area contributed by atoms with Gasteiger partial charge in [-0.05, 0) is 31.0 Å². The predicted octanol–water partition coefficient (Wildman–Crippen LogP) is 3.97. The van der Waals surface area contributed by atoms with Crippen molar-refractivity contribution in [3.8, 4) is 0 Å². The van der Waals surface area contributed by atoms with Crippen molar-refractivity contribution in [2.45, 2.75) is 51.5 Å². The molecule has 0 aromatic heterocycles. The molecule has 1 heterocycles. The van der Waals surface area contributed by atoms with E-state index in [4.69, 9.17) is 0 Å². The largest absolute Gasteiger partial charge is 0.301 e. The summed E-state index contributed by atoms with van der Waals surface area (Å²) in [5.41, 5.74) is 3.58. The smallest absolute Gasteiger partial charge is 0.0234 e. The summed E-state index contributed by atoms with van der Waals surface area (Å²) in [6, 6.07) is 9.07. The Kier molecular flexibility index (Phi) is 3.88. The molecule has 0 unspecified atom stereocenters. The van der Waals surface area contributed by atoms with Gasteiger partial charge < -0.3 is 4.90 Å². The third-order valence-electron chi connectivity index (χ3n) is 4.06. The van der Waals surface area contributed by atoms with Crippen molar-refractivity contribution >= 4 is 0 Å². The van der Waals surface area contributed by atoms with Gasteiger partial charge in [0.05, 0.1) is 0 Å². The Bertz CT molecular complexity index is 364. The Morgan fingerprint density at radius 3 is 2.41 bits per heavy atom. The first-order valence-electron chi connectivity index (χ1n) is 6.99. The quantitative estimate of drug-likeness (QED) is 0.758. The number of likely N-dealkylation sites (N-methyl/N-ethyl adjacent to an activating group) is 1. The second kappa shape index (κ2) is 5.22. The first-order valence-corrected chi connectivity index (χ1v) is 6.99. The summed E-state index contributed by atoms with van der Waals surface area (Å²) >= 11 is 0. The van der Waals surface area contributed by atoms with Gasteiger partial charge in [-0.25, -0.2) is 0 Å². The fourth-order valence-corrected chi connectivity index (χ4v) is 3.63. The van der Waals surface area contributed by atoms with Crippen LogP contribution in [0.3, 0.4) is 0 Å². The van der Waals surface area contributed by atoms with Crippen molar-refractivity contribution in [2.75, 3.05) is 13.6 Å². The second-order valence-electron chi connectivity index (χ2n) is 5.61. The lowest BCUT2D eigenvalue weighted by Crippen LogP contribution is -2.44. The van der Waals surface area contributed by atoms with Crippen LogP contribution < -0.4 is 0 Å². The average Bonchev–Trinajstić information content (AvgIpc) is 2.29. The molecule has 0 saturated heterocycles. The fraction of sp³-hybridized carbons (Fsp3) is 0.625. The zero-order valence-electron chi connectivity index (χ0n) is 11.5. The lowest BCUT2D eigenvalue weighted by atomic mass is 9.69. The molecular formula is C16H25N. The first kappa shape index (κ1) is 12.6. The normalized spacial score (nSPS) is 19.0. The minimum Gasteiger partial charge on any atom is -0.301 e. The molecule has 0 fully saturated rings. The lowest BCUT2D eigenvalue weighted by molar-refractivity contribution is 0.188. The third-order valence-corrected chi connectivity index (χ3v) is 4.06. The number of hydrogen-bond acceptors (Lipinski definition) is 1. The van der Waals surface area contributed by atoms with Crippen LogP contribution in [0.1, 0.15) is 50.7 Å². The highest BCUT2D eigenvalue weighted by atomic mass is 15.1. The van der Waals surface area contributed by atoms with Crippen LogP contribution in [0.4, 0.5) is 0 Å². The van der Waals surface area contributed by atoms with Crippen molar-refractivity contribution in [1.82, 2.24) is 4.90 Å². The molecular weight excluding hydrogens is 206 g/mol. The number of rotatable bonds is 4. The SMILES string of the molecule is CCCC1(CCC)CN(C)Cc2ccccc21. The molecule has 0 amide bonds. The van der Waals surface area contributed by atoms with Gasteiger partial charge in [0.25, 0.3) is 0 Å². The highest BCUT2D eigenvalue weighted by Gasteiger charge is 2.36. The molecule has 0 aliphatic carbocycles. The van der Waals surface area contributed by atoms with E-state index in [1.54, 1.807) is 11.1 Å². The Hall–Kier alpha value is -0.820. The molecule has 1 aliphatic rings. The van der Waals surface area contributed by atoms with Gasteiger partial charge in [0.15, 0.2) is 0 Å². The molecule has 1 aromatic carbocycles. The van der Waals surface area contributed by atoms with E-state index in [0.717, 1.165) is 6.54 Å². The standard InChI is InChI=1S/C16H25N/c1-4-10-16(11-5-2)13-17(3)12-14-8-6-7-9-15(14)16/h6-9H,4-5,10-13H2,1-3H3. The molecule has 1 aromatic rings. The maximum Gasteiger partial charge on any atom is 0.0234 e. The number of benzene rings is 1. The van der Waals surface area contributed by atoms with Crippen molar-refractivity contribution in [3.05, 3.63) is 35.4 Å². The average molecular weight is 231 g/mol. The minimum absolute atomic E-state index is 0.410. The summed E-state index contributed by atoms with van der Waals surface area (Å²) < 4.78 is 0. The molecule has 1 nitrogen and oxygen atoms in total. The van der Waals surface area contributed by atoms with E-state index < -0.39 is 0 Å². The third kappa shape index (κ3) is 2.40. The summed E-state index contributed by atoms with van der Waals surface area (Å²) in [6.07, 6.45) is 5.20. The molecule has 0 spiro atoms. The molecule has 0 bridgehead atoms. The second-order valence-corrected chi connectivity index (χ2v) is 5.61. The van der Waals surface area contributed by atoms with Gasteiger partial charge in [0.1, 0.15) is 0 Å². The molecule has 1 heteroatoms. The van der Waals surface area contributed by atoms with Gasteiger partial charge in [0, 0.05) is 18.5 Å². The fourth-order valence-electron chi connectivity index (χ4n) is 3.63. The lowest BCUT2D eigenvalue weighted by Gasteiger charge is -2.43. The van der Waals surface area contributed by atoms with Crippen molar-refractivity contribution in [2.24, 2.45) is 0 Å². The van der Waals surface area contributed by atoms with Crippen LogP contribution in [0.2, 0.25) is 0 Å². The van der Waals surface area contributed by atoms with Gasteiger partial charge in [-0.3, -0.25) is 0 Å². The van der Waals surface area contributed by atoms with Crippen molar-refractivity contribution in [1.29, 1.82) is 0 Å². The summed E-state index contributed by atoms with van der Waals surface area (Å²) in [7, 11) is 2.26. The topological polar surface area (TPSA) is 3.24 Å². The molecule has 17 heavy (non-hydrogen) atoms. The van der Waals surface area contributed by atoms with Gasteiger partial charge in [-0.1, -0.05) is 51.0 Å². The zero-order valence-corrected chi connectivity index (χ0v) is 11.5. The van der Waals surface area contributed by atoms with Crippen LogP contribution in [-0.4, -0.2) is 18.5 Å². The minimum atomic E-state index is 0.410. The van der Waals surface area contributed by atoms with Crippen LogP contribution in [0, 0.1) is 0 Å². The Labute approximate surface area is 106 Å². The Morgan fingerprint density at radius 1 is 1.12 bits per heavy atom. The van der Waals surface area contributed by atoms with Crippen LogP contribution in [-0.2, 0) is 12.0 Å². The van der Waals surface area contributed by atoms with Gasteiger partial charge >= 0.3 is 0 Å². The summed E-state index contributed by atoms with van der Waals surface area (Å²) in [5.74, 6) is 0. The van der Waals surface area contributed by atoms with Crippen LogP contribution in [0.5, 0.6) is 0 Å². The number of hydrogen-bond donors (Lipinski definition) is 0. The maximum absolute atomic E-state index is 2.49. The maximum atomic E-state index is 2.49. The summed E-state index contributed by atoms with van der Waals surface area (Å²) in [6.45, 7) is 6.97. The molecule has 0 atom stereocenters. The van der Waals surface area contributed by atoms with E-state index in [2.05, 4.69) is 50.1 Å². The van der Waals surface area contributed by atoms with E-state index in [-0.39, 0.29) is 0 Å². The Balaban J connectivity index is 2.43. The van der Waals surface area contributed by atoms with E-state index in [1.807, 2.05) is 0 Å². The van der Waals surface area contributed by atoms with Crippen molar-refractivity contribution in [3.63, 3.8) is 0 Å². The van der Waals surface area contributed by atoms with Crippen LogP contribution in [0.25, 0.3) is 0 Å². The molecule has 94 valence electrons. The molecule has 0 N–H and O–H groups in total. The van der Waals surface area contributed by atoms with E-state index in [9.17, 15) is 0 Å². The van der Waals surface area contributed by atoms with E-state index >= 15 is 0 Å².